The zero-order valence-corrected chi connectivity index (χ0v) is 18.5. The average molecular weight is 430 g/mol. The van der Waals surface area contributed by atoms with Crippen molar-refractivity contribution in [1.29, 1.82) is 0 Å². The molecule has 164 valence electrons. The van der Waals surface area contributed by atoms with Crippen molar-refractivity contribution in [1.82, 2.24) is 15.1 Å². The van der Waals surface area contributed by atoms with E-state index in [1.807, 2.05) is 29.1 Å². The first-order valence-electron chi connectivity index (χ1n) is 11.3. The van der Waals surface area contributed by atoms with Gasteiger partial charge in [-0.05, 0) is 78.5 Å². The molecule has 0 aliphatic heterocycles. The maximum absolute atomic E-state index is 13.4. The summed E-state index contributed by atoms with van der Waals surface area (Å²) < 4.78 is 15.3. The summed E-state index contributed by atoms with van der Waals surface area (Å²) in [6.07, 6.45) is 8.26. The van der Waals surface area contributed by atoms with E-state index in [1.165, 1.54) is 23.3 Å². The van der Waals surface area contributed by atoms with E-state index in [4.69, 9.17) is 0 Å². The van der Waals surface area contributed by atoms with Gasteiger partial charge in [-0.2, -0.15) is 5.10 Å². The molecule has 1 fully saturated rings. The van der Waals surface area contributed by atoms with Crippen molar-refractivity contribution >= 4 is 12.0 Å². The van der Waals surface area contributed by atoms with Gasteiger partial charge in [-0.25, -0.2) is 9.07 Å². The molecule has 2 aliphatic carbocycles. The smallest absolute Gasteiger partial charge is 0.217 e. The van der Waals surface area contributed by atoms with E-state index < -0.39 is 0 Å². The number of hydrogen-bond acceptors (Lipinski definition) is 2. The number of carbonyl (C=O) groups is 1. The lowest BCUT2D eigenvalue weighted by atomic mass is 9.68. The van der Waals surface area contributed by atoms with Gasteiger partial charge in [-0.3, -0.25) is 4.79 Å². The normalized spacial score (nSPS) is 22.6. The summed E-state index contributed by atoms with van der Waals surface area (Å²) in [5.74, 6) is 0.226. The van der Waals surface area contributed by atoms with E-state index in [9.17, 15) is 9.18 Å². The molecular formula is C27H28FN3O. The number of aromatic nitrogens is 2. The molecule has 1 heterocycles. The lowest BCUT2D eigenvalue weighted by Crippen LogP contribution is -2.34. The Morgan fingerprint density at radius 1 is 1.22 bits per heavy atom. The van der Waals surface area contributed by atoms with Gasteiger partial charge in [-0.15, -0.1) is 0 Å². The molecule has 5 rings (SSSR count). The summed E-state index contributed by atoms with van der Waals surface area (Å²) in [6.45, 7) is 3.96. The van der Waals surface area contributed by atoms with Crippen molar-refractivity contribution in [2.24, 2.45) is 11.3 Å². The van der Waals surface area contributed by atoms with Crippen LogP contribution in [0, 0.1) is 17.2 Å². The zero-order valence-electron chi connectivity index (χ0n) is 18.5. The third kappa shape index (κ3) is 3.66. The molecule has 1 aromatic heterocycles. The summed E-state index contributed by atoms with van der Waals surface area (Å²) >= 11 is 0. The standard InChI is InChI=1S/C27H28FN3O/c1-18(32)30-25(19-6-4-3-5-7-19)14-21-8-9-22-15-26-20(16-27(21,22)2)17-29-31(26)24-12-10-23(28)11-13-24/h3-7,10-13,15,17,21,25H,8-9,14,16H2,1-2H3,(H,30,32)/t21-,25?,27?/m1/s1. The van der Waals surface area contributed by atoms with Crippen LogP contribution in [0.3, 0.4) is 0 Å². The molecule has 2 aromatic carbocycles. The van der Waals surface area contributed by atoms with Crippen molar-refractivity contribution < 1.29 is 9.18 Å². The first-order valence-corrected chi connectivity index (χ1v) is 11.3. The van der Waals surface area contributed by atoms with Gasteiger partial charge >= 0.3 is 0 Å². The second kappa shape index (κ2) is 8.05. The number of hydrogen-bond donors (Lipinski definition) is 1. The van der Waals surface area contributed by atoms with E-state index in [-0.39, 0.29) is 23.2 Å². The lowest BCUT2D eigenvalue weighted by Gasteiger charge is -2.37. The molecule has 0 saturated heterocycles. The summed E-state index contributed by atoms with van der Waals surface area (Å²) in [5.41, 5.74) is 5.86. The molecular weight excluding hydrogens is 401 g/mol. The van der Waals surface area contributed by atoms with Crippen molar-refractivity contribution in [3.05, 3.63) is 89.0 Å². The summed E-state index contributed by atoms with van der Waals surface area (Å²) in [5, 5.41) is 7.80. The summed E-state index contributed by atoms with van der Waals surface area (Å²) in [4.78, 5) is 11.9. The first kappa shape index (κ1) is 20.7. The topological polar surface area (TPSA) is 46.9 Å². The Hall–Kier alpha value is -3.21. The van der Waals surface area contributed by atoms with Gasteiger partial charge in [0.25, 0.3) is 0 Å². The molecule has 0 spiro atoms. The highest BCUT2D eigenvalue weighted by molar-refractivity contribution is 5.73. The Kier molecular flexibility index (Phi) is 5.20. The molecule has 5 heteroatoms. The Morgan fingerprint density at radius 3 is 2.69 bits per heavy atom. The number of fused-ring (bicyclic) bond motifs is 2. The van der Waals surface area contributed by atoms with Gasteiger partial charge in [0.1, 0.15) is 5.82 Å². The van der Waals surface area contributed by atoms with Gasteiger partial charge in [0.15, 0.2) is 0 Å². The van der Waals surface area contributed by atoms with Crippen LogP contribution in [0.25, 0.3) is 11.8 Å². The van der Waals surface area contributed by atoms with Crippen LogP contribution in [0.5, 0.6) is 0 Å². The summed E-state index contributed by atoms with van der Waals surface area (Å²) in [7, 11) is 0. The van der Waals surface area contributed by atoms with Crippen molar-refractivity contribution in [2.45, 2.75) is 45.6 Å². The quantitative estimate of drug-likeness (QED) is 0.571. The van der Waals surface area contributed by atoms with Crippen LogP contribution in [0.15, 0.2) is 66.4 Å². The number of benzene rings is 2. The average Bonchev–Trinajstić information content (AvgIpc) is 3.32. The maximum Gasteiger partial charge on any atom is 0.217 e. The van der Waals surface area contributed by atoms with Crippen LogP contribution in [-0.4, -0.2) is 15.7 Å². The minimum Gasteiger partial charge on any atom is -0.350 e. The molecule has 3 atom stereocenters. The molecule has 0 bridgehead atoms. The number of carbonyl (C=O) groups excluding carboxylic acids is 1. The largest absolute Gasteiger partial charge is 0.350 e. The van der Waals surface area contributed by atoms with E-state index in [0.29, 0.717) is 5.92 Å². The number of rotatable bonds is 5. The second-order valence-electron chi connectivity index (χ2n) is 9.34. The Labute approximate surface area is 188 Å². The van der Waals surface area contributed by atoms with Crippen molar-refractivity contribution in [3.8, 4) is 5.69 Å². The molecule has 2 aliphatic rings. The fourth-order valence-electron chi connectivity index (χ4n) is 5.59. The van der Waals surface area contributed by atoms with Gasteiger partial charge < -0.3 is 5.32 Å². The van der Waals surface area contributed by atoms with Crippen LogP contribution < -0.4 is 5.32 Å². The lowest BCUT2D eigenvalue weighted by molar-refractivity contribution is -0.119. The van der Waals surface area contributed by atoms with Gasteiger partial charge in [-0.1, -0.05) is 42.8 Å². The SMILES string of the molecule is CC(=O)NC(C[C@H]1CCC2=Cc3c(cnn3-c3ccc(F)cc3)CC21C)c1ccccc1. The van der Waals surface area contributed by atoms with Crippen molar-refractivity contribution in [2.75, 3.05) is 0 Å². The molecule has 1 amide bonds. The molecule has 3 aromatic rings. The Bertz CT molecular complexity index is 1170. The van der Waals surface area contributed by atoms with Gasteiger partial charge in [0, 0.05) is 6.92 Å². The minimum atomic E-state index is -0.244. The number of nitrogens with one attached hydrogen (secondary N) is 1. The fraction of sp³-hybridized carbons (Fsp3) is 0.333. The monoisotopic (exact) mass is 429 g/mol. The van der Waals surface area contributed by atoms with Gasteiger partial charge in [0.05, 0.1) is 23.6 Å². The van der Waals surface area contributed by atoms with Crippen LogP contribution in [0.4, 0.5) is 4.39 Å². The molecule has 0 radical (unpaired) electrons. The zero-order chi connectivity index (χ0) is 22.3. The van der Waals surface area contributed by atoms with E-state index >= 15 is 0 Å². The summed E-state index contributed by atoms with van der Waals surface area (Å²) in [6, 6.07) is 16.8. The highest BCUT2D eigenvalue weighted by atomic mass is 19.1. The third-order valence-electron chi connectivity index (χ3n) is 7.32. The second-order valence-corrected chi connectivity index (χ2v) is 9.34. The van der Waals surface area contributed by atoms with Gasteiger partial charge in [0.2, 0.25) is 5.91 Å². The molecule has 1 N–H and O–H groups in total. The van der Waals surface area contributed by atoms with Crippen LogP contribution in [-0.2, 0) is 11.2 Å². The van der Waals surface area contributed by atoms with E-state index in [1.54, 1.807) is 19.1 Å². The van der Waals surface area contributed by atoms with E-state index in [2.05, 4.69) is 35.5 Å². The Morgan fingerprint density at radius 2 is 1.97 bits per heavy atom. The number of nitrogens with zero attached hydrogens (tertiary/aromatic N) is 2. The number of halogens is 1. The fourth-order valence-corrected chi connectivity index (χ4v) is 5.59. The predicted octanol–water partition coefficient (Wildman–Crippen LogP) is 5.63. The Balaban J connectivity index is 1.43. The number of allylic oxidation sites excluding steroid dienone is 1. The van der Waals surface area contributed by atoms with Crippen LogP contribution >= 0.6 is 0 Å². The first-order chi connectivity index (χ1) is 15.4. The van der Waals surface area contributed by atoms with Crippen LogP contribution in [0.1, 0.15) is 56.0 Å². The number of amides is 1. The third-order valence-corrected chi connectivity index (χ3v) is 7.32. The highest BCUT2D eigenvalue weighted by Gasteiger charge is 2.46. The maximum atomic E-state index is 13.4. The molecule has 32 heavy (non-hydrogen) atoms. The molecule has 4 nitrogen and oxygen atoms in total. The molecule has 1 saturated carbocycles. The van der Waals surface area contributed by atoms with Crippen molar-refractivity contribution in [3.63, 3.8) is 0 Å². The minimum absolute atomic E-state index is 0.00396. The van der Waals surface area contributed by atoms with Crippen LogP contribution in [0.2, 0.25) is 0 Å². The molecule has 2 unspecified atom stereocenters. The predicted molar refractivity (Wildman–Crippen MR) is 124 cm³/mol. The van der Waals surface area contributed by atoms with E-state index in [0.717, 1.165) is 42.6 Å². The highest BCUT2D eigenvalue weighted by Crippen LogP contribution is 2.55.